The maximum absolute atomic E-state index is 12.8. The second-order valence-electron chi connectivity index (χ2n) is 8.51. The smallest absolute Gasteiger partial charge is 0.193 e. The monoisotopic (exact) mass is 469 g/mol. The molecule has 34 heavy (non-hydrogen) atoms. The second-order valence-corrected chi connectivity index (χ2v) is 9.57. The van der Waals surface area contributed by atoms with Gasteiger partial charge in [-0.1, -0.05) is 54.2 Å². The molecular weight excluding hydrogens is 442 g/mol. The van der Waals surface area contributed by atoms with Crippen LogP contribution in [0, 0.1) is 0 Å². The number of nitrogens with zero attached hydrogens (tertiary/aromatic N) is 5. The minimum absolute atomic E-state index is 0.0896. The summed E-state index contributed by atoms with van der Waals surface area (Å²) < 4.78 is 2.04. The van der Waals surface area contributed by atoms with Crippen molar-refractivity contribution in [2.24, 2.45) is 7.05 Å². The molecule has 0 unspecified atom stereocenters. The van der Waals surface area contributed by atoms with Crippen LogP contribution in [0.2, 0.25) is 0 Å². The average molecular weight is 470 g/mol. The van der Waals surface area contributed by atoms with Crippen LogP contribution >= 0.6 is 11.8 Å². The van der Waals surface area contributed by atoms with Crippen LogP contribution in [0.15, 0.2) is 78.2 Å². The van der Waals surface area contributed by atoms with Crippen LogP contribution in [0.5, 0.6) is 0 Å². The van der Waals surface area contributed by atoms with E-state index in [4.69, 9.17) is 0 Å². The van der Waals surface area contributed by atoms with Gasteiger partial charge in [0.25, 0.3) is 0 Å². The molecule has 0 N–H and O–H groups in total. The van der Waals surface area contributed by atoms with Gasteiger partial charge >= 0.3 is 0 Å². The van der Waals surface area contributed by atoms with Gasteiger partial charge in [0.2, 0.25) is 0 Å². The number of ketones is 1. The molecule has 1 aliphatic heterocycles. The van der Waals surface area contributed by atoms with Gasteiger partial charge in [-0.15, -0.1) is 10.2 Å². The van der Waals surface area contributed by atoms with Crippen molar-refractivity contribution in [2.45, 2.75) is 24.5 Å². The highest BCUT2D eigenvalue weighted by Gasteiger charge is 2.19. The number of thioether (sulfide) groups is 1. The van der Waals surface area contributed by atoms with Gasteiger partial charge in [-0.3, -0.25) is 14.7 Å². The van der Waals surface area contributed by atoms with E-state index >= 15 is 0 Å². The molecule has 1 aliphatic rings. The fourth-order valence-corrected chi connectivity index (χ4v) is 5.18. The first-order valence-corrected chi connectivity index (χ1v) is 12.5. The molecule has 0 atom stereocenters. The van der Waals surface area contributed by atoms with Gasteiger partial charge in [-0.25, -0.2) is 0 Å². The summed E-state index contributed by atoms with van der Waals surface area (Å²) in [4.78, 5) is 19.4. The summed E-state index contributed by atoms with van der Waals surface area (Å²) in [5.41, 5.74) is 5.17. The minimum Gasteiger partial charge on any atom is -0.305 e. The lowest BCUT2D eigenvalue weighted by Crippen LogP contribution is -2.31. The van der Waals surface area contributed by atoms with Crippen molar-refractivity contribution in [3.05, 3.63) is 95.3 Å². The highest BCUT2D eigenvalue weighted by molar-refractivity contribution is 7.99. The topological polar surface area (TPSA) is 63.9 Å². The summed E-state index contributed by atoms with van der Waals surface area (Å²) in [5, 5.41) is 9.65. The van der Waals surface area contributed by atoms with Crippen LogP contribution < -0.4 is 0 Å². The third-order valence-corrected chi connectivity index (χ3v) is 7.33. The lowest BCUT2D eigenvalue weighted by molar-refractivity contribution is 0.103. The van der Waals surface area contributed by atoms with Gasteiger partial charge in [0.1, 0.15) is 0 Å². The quantitative estimate of drug-likeness (QED) is 0.213. The number of carbonyl (C=O) groups excluding carboxylic acids is 1. The van der Waals surface area contributed by atoms with Gasteiger partial charge in [0.05, 0.1) is 0 Å². The Hall–Kier alpha value is -3.29. The fourth-order valence-electron chi connectivity index (χ4n) is 4.35. The largest absolute Gasteiger partial charge is 0.305 e. The Morgan fingerprint density at radius 2 is 1.79 bits per heavy atom. The Labute approximate surface area is 204 Å². The van der Waals surface area contributed by atoms with Crippen molar-refractivity contribution in [2.75, 3.05) is 18.8 Å². The zero-order chi connectivity index (χ0) is 23.3. The number of hydrogen-bond donors (Lipinski definition) is 0. The molecular formula is C27H27N5OS. The predicted octanol–water partition coefficient (Wildman–Crippen LogP) is 4.65. The van der Waals surface area contributed by atoms with Gasteiger partial charge in [-0.05, 0) is 48.7 Å². The van der Waals surface area contributed by atoms with Gasteiger partial charge in [0, 0.05) is 55.0 Å². The number of carbonyl (C=O) groups is 1. The lowest BCUT2D eigenvalue weighted by atomic mass is 9.94. The molecule has 0 amide bonds. The van der Waals surface area contributed by atoms with E-state index in [0.717, 1.165) is 65.9 Å². The lowest BCUT2D eigenvalue weighted by Gasteiger charge is -2.29. The van der Waals surface area contributed by atoms with Crippen LogP contribution in [0.25, 0.3) is 11.4 Å². The third-order valence-electron chi connectivity index (χ3n) is 6.22. The molecule has 7 heteroatoms. The summed E-state index contributed by atoms with van der Waals surface area (Å²) >= 11 is 1.74. The number of aromatic nitrogens is 4. The number of benzene rings is 2. The molecule has 5 rings (SSSR count). The summed E-state index contributed by atoms with van der Waals surface area (Å²) in [6.45, 7) is 2.98. The first-order chi connectivity index (χ1) is 16.7. The van der Waals surface area contributed by atoms with E-state index in [2.05, 4.69) is 32.2 Å². The Bertz CT molecular complexity index is 1270. The summed E-state index contributed by atoms with van der Waals surface area (Å²) in [6.07, 6.45) is 5.64. The van der Waals surface area contributed by atoms with Gasteiger partial charge < -0.3 is 4.57 Å². The van der Waals surface area contributed by atoms with Crippen molar-refractivity contribution >= 4 is 17.5 Å². The highest BCUT2D eigenvalue weighted by atomic mass is 32.2. The molecule has 2 aromatic heterocycles. The SMILES string of the molecule is Cn1c(SCCCN2CCc3ccc(C(=O)c4ccccc4)cc3C2)nnc1-c1ccncc1. The van der Waals surface area contributed by atoms with Crippen LogP contribution in [0.3, 0.4) is 0 Å². The van der Waals surface area contributed by atoms with Gasteiger partial charge in [0.15, 0.2) is 16.8 Å². The Morgan fingerprint density at radius 1 is 0.971 bits per heavy atom. The molecule has 0 aliphatic carbocycles. The van der Waals surface area contributed by atoms with Crippen molar-refractivity contribution in [3.8, 4) is 11.4 Å². The highest BCUT2D eigenvalue weighted by Crippen LogP contribution is 2.24. The molecule has 3 heterocycles. The van der Waals surface area contributed by atoms with Crippen molar-refractivity contribution in [3.63, 3.8) is 0 Å². The summed E-state index contributed by atoms with van der Waals surface area (Å²) in [5.74, 6) is 1.93. The third kappa shape index (κ3) is 4.95. The number of fused-ring (bicyclic) bond motifs is 1. The average Bonchev–Trinajstić information content (AvgIpc) is 3.26. The van der Waals surface area contributed by atoms with Gasteiger partial charge in [-0.2, -0.15) is 0 Å². The van der Waals surface area contributed by atoms with E-state index in [9.17, 15) is 4.79 Å². The van der Waals surface area contributed by atoms with Crippen molar-refractivity contribution < 1.29 is 4.79 Å². The van der Waals surface area contributed by atoms with Crippen LogP contribution in [0.1, 0.15) is 33.5 Å². The Kier molecular flexibility index (Phi) is 6.83. The van der Waals surface area contributed by atoms with Crippen molar-refractivity contribution in [1.29, 1.82) is 0 Å². The van der Waals surface area contributed by atoms with E-state index < -0.39 is 0 Å². The maximum atomic E-state index is 12.8. The normalized spacial score (nSPS) is 13.6. The molecule has 0 radical (unpaired) electrons. The van der Waals surface area contributed by atoms with E-state index in [1.54, 1.807) is 24.2 Å². The van der Waals surface area contributed by atoms with E-state index in [0.29, 0.717) is 0 Å². The molecule has 0 fully saturated rings. The maximum Gasteiger partial charge on any atom is 0.193 e. The fraction of sp³-hybridized carbons (Fsp3) is 0.259. The molecule has 2 aromatic carbocycles. The van der Waals surface area contributed by atoms with E-state index in [1.807, 2.05) is 60.1 Å². The zero-order valence-electron chi connectivity index (χ0n) is 19.2. The number of rotatable bonds is 8. The van der Waals surface area contributed by atoms with Crippen LogP contribution in [0.4, 0.5) is 0 Å². The van der Waals surface area contributed by atoms with E-state index in [1.165, 1.54) is 11.1 Å². The molecule has 172 valence electrons. The second kappa shape index (κ2) is 10.3. The zero-order valence-corrected chi connectivity index (χ0v) is 20.0. The molecule has 4 aromatic rings. The molecule has 6 nitrogen and oxygen atoms in total. The summed E-state index contributed by atoms with van der Waals surface area (Å²) in [6, 6.07) is 19.6. The minimum atomic E-state index is 0.0896. The van der Waals surface area contributed by atoms with Crippen LogP contribution in [-0.2, 0) is 20.0 Å². The Balaban J connectivity index is 1.15. The first-order valence-electron chi connectivity index (χ1n) is 11.6. The number of hydrogen-bond acceptors (Lipinski definition) is 6. The molecule has 0 bridgehead atoms. The van der Waals surface area contributed by atoms with E-state index in [-0.39, 0.29) is 5.78 Å². The summed E-state index contributed by atoms with van der Waals surface area (Å²) in [7, 11) is 2.01. The molecule has 0 spiro atoms. The predicted molar refractivity (Wildman–Crippen MR) is 135 cm³/mol. The molecule has 0 saturated carbocycles. The molecule has 0 saturated heterocycles. The van der Waals surface area contributed by atoms with Crippen LogP contribution in [-0.4, -0.2) is 49.3 Å². The first kappa shape index (κ1) is 22.5. The Morgan fingerprint density at radius 3 is 2.62 bits per heavy atom. The number of pyridine rings is 1. The standard InChI is InChI=1S/C27H27N5OS/c1-31-26(22-10-13-28-14-11-22)29-30-27(31)34-17-5-15-32-16-12-20-8-9-23(18-24(20)19-32)25(33)21-6-3-2-4-7-21/h2-4,6-11,13-14,18H,5,12,15-17,19H2,1H3. The van der Waals surface area contributed by atoms with Crippen molar-refractivity contribution in [1.82, 2.24) is 24.6 Å².